The molecule has 1 fully saturated rings. The maximum atomic E-state index is 12.7. The smallest absolute Gasteiger partial charge is 0.426 e. The topological polar surface area (TPSA) is 38.3 Å². The number of para-hydroxylation sites is 1. The van der Waals surface area contributed by atoms with Gasteiger partial charge in [0.15, 0.2) is 0 Å². The van der Waals surface area contributed by atoms with Crippen LogP contribution in [0.2, 0.25) is 0 Å². The zero-order chi connectivity index (χ0) is 21.2. The van der Waals surface area contributed by atoms with Crippen molar-refractivity contribution in [3.05, 3.63) is 71.3 Å². The Hall–Kier alpha value is -2.47. The molecule has 1 aliphatic rings. The van der Waals surface area contributed by atoms with Gasteiger partial charge in [0.25, 0.3) is 5.91 Å². The number of carbonyl (C=O) groups excluding carboxylic acids is 1. The molecule has 0 saturated heterocycles. The number of alkyl halides is 3. The minimum atomic E-state index is -4.55. The van der Waals surface area contributed by atoms with Gasteiger partial charge in [-0.2, -0.15) is 13.2 Å². The minimum absolute atomic E-state index is 0.119. The van der Waals surface area contributed by atoms with E-state index < -0.39 is 11.2 Å². The number of allylic oxidation sites excluding steroid dienone is 2. The second-order valence-corrected chi connectivity index (χ2v) is 8.03. The first-order valence-electron chi connectivity index (χ1n) is 9.14. The molecule has 0 aromatic heterocycles. The van der Waals surface area contributed by atoms with Crippen molar-refractivity contribution in [2.75, 3.05) is 6.54 Å². The molecule has 1 amide bonds. The first kappa shape index (κ1) is 21.2. The minimum Gasteiger partial charge on any atom is -0.457 e. The van der Waals surface area contributed by atoms with Gasteiger partial charge in [-0.1, -0.05) is 55.8 Å². The average molecular weight is 424 g/mol. The summed E-state index contributed by atoms with van der Waals surface area (Å²) < 4.78 is 43.7. The summed E-state index contributed by atoms with van der Waals surface area (Å²) >= 11 is 5.36. The lowest BCUT2D eigenvalue weighted by molar-refractivity contribution is -0.0848. The Morgan fingerprint density at radius 3 is 2.45 bits per heavy atom. The van der Waals surface area contributed by atoms with E-state index in [1.165, 1.54) is 0 Å². The Morgan fingerprint density at radius 1 is 1.14 bits per heavy atom. The first-order chi connectivity index (χ1) is 13.6. The van der Waals surface area contributed by atoms with Crippen molar-refractivity contribution in [1.82, 2.24) is 5.32 Å². The number of carbonyl (C=O) groups is 1. The fourth-order valence-electron chi connectivity index (χ4n) is 3.39. The van der Waals surface area contributed by atoms with Crippen molar-refractivity contribution >= 4 is 17.5 Å². The van der Waals surface area contributed by atoms with Crippen LogP contribution in [0.25, 0.3) is 0 Å². The average Bonchev–Trinajstić information content (AvgIpc) is 3.18. The Kier molecular flexibility index (Phi) is 5.94. The van der Waals surface area contributed by atoms with Gasteiger partial charge in [-0.3, -0.25) is 4.79 Å². The Labute approximate surface area is 172 Å². The SMILES string of the molecule is CC1(C)C(/C=C(\Cl)C(F)(F)F)C1CNC(=O)c1cccc(Oc2ccccc2)c1. The van der Waals surface area contributed by atoms with E-state index in [-0.39, 0.29) is 29.7 Å². The Balaban J connectivity index is 1.61. The van der Waals surface area contributed by atoms with E-state index >= 15 is 0 Å². The van der Waals surface area contributed by atoms with E-state index in [2.05, 4.69) is 5.32 Å². The molecule has 1 saturated carbocycles. The van der Waals surface area contributed by atoms with Gasteiger partial charge in [0, 0.05) is 12.1 Å². The molecule has 3 rings (SSSR count). The molecule has 154 valence electrons. The third kappa shape index (κ3) is 5.12. The third-order valence-electron chi connectivity index (χ3n) is 5.29. The summed E-state index contributed by atoms with van der Waals surface area (Å²) in [5.74, 6) is 0.404. The quantitative estimate of drug-likeness (QED) is 0.603. The molecule has 0 radical (unpaired) electrons. The zero-order valence-corrected chi connectivity index (χ0v) is 16.7. The number of hydrogen-bond acceptors (Lipinski definition) is 2. The number of amides is 1. The molecule has 3 nitrogen and oxygen atoms in total. The first-order valence-corrected chi connectivity index (χ1v) is 9.52. The summed E-state index contributed by atoms with van der Waals surface area (Å²) in [6.45, 7) is 3.98. The van der Waals surface area contributed by atoms with Crippen LogP contribution in [0.5, 0.6) is 11.5 Å². The molecule has 1 aliphatic carbocycles. The van der Waals surface area contributed by atoms with Crippen LogP contribution in [-0.2, 0) is 0 Å². The van der Waals surface area contributed by atoms with Crippen LogP contribution in [0.4, 0.5) is 13.2 Å². The summed E-state index contributed by atoms with van der Waals surface area (Å²) in [6, 6.07) is 15.9. The van der Waals surface area contributed by atoms with Crippen molar-refractivity contribution in [3.63, 3.8) is 0 Å². The van der Waals surface area contributed by atoms with Crippen LogP contribution in [-0.4, -0.2) is 18.6 Å². The van der Waals surface area contributed by atoms with E-state index in [0.29, 0.717) is 17.1 Å². The lowest BCUT2D eigenvalue weighted by Crippen LogP contribution is -2.26. The molecule has 0 heterocycles. The number of halogens is 4. The van der Waals surface area contributed by atoms with E-state index in [0.717, 1.165) is 6.08 Å². The van der Waals surface area contributed by atoms with Crippen LogP contribution < -0.4 is 10.1 Å². The number of hydrogen-bond donors (Lipinski definition) is 1. The van der Waals surface area contributed by atoms with Crippen LogP contribution in [0.15, 0.2) is 65.7 Å². The van der Waals surface area contributed by atoms with Gasteiger partial charge in [-0.05, 0) is 47.6 Å². The molecule has 29 heavy (non-hydrogen) atoms. The lowest BCUT2D eigenvalue weighted by atomic mass is 10.1. The lowest BCUT2D eigenvalue weighted by Gasteiger charge is -2.09. The molecule has 0 bridgehead atoms. The van der Waals surface area contributed by atoms with E-state index in [1.807, 2.05) is 44.2 Å². The predicted octanol–water partition coefficient (Wildman–Crippen LogP) is 6.17. The molecule has 0 aliphatic heterocycles. The van der Waals surface area contributed by atoms with Crippen molar-refractivity contribution < 1.29 is 22.7 Å². The highest BCUT2D eigenvalue weighted by atomic mass is 35.5. The van der Waals surface area contributed by atoms with Gasteiger partial charge in [0.1, 0.15) is 16.5 Å². The van der Waals surface area contributed by atoms with Gasteiger partial charge in [0.05, 0.1) is 0 Å². The second-order valence-electron chi connectivity index (χ2n) is 7.62. The summed E-state index contributed by atoms with van der Waals surface area (Å²) in [7, 11) is 0. The number of benzene rings is 2. The third-order valence-corrected chi connectivity index (χ3v) is 5.63. The van der Waals surface area contributed by atoms with Crippen LogP contribution in [0.1, 0.15) is 24.2 Å². The van der Waals surface area contributed by atoms with Crippen molar-refractivity contribution in [3.8, 4) is 11.5 Å². The molecular weight excluding hydrogens is 403 g/mol. The standard InChI is InChI=1S/C22H21ClF3NO2/c1-21(2)17(12-19(23)22(24,25)26)18(21)13-27-20(28)14-7-6-10-16(11-14)29-15-8-4-3-5-9-15/h3-12,17-18H,13H2,1-2H3,(H,27,28)/b19-12-. The maximum absolute atomic E-state index is 12.7. The van der Waals surface area contributed by atoms with Crippen molar-refractivity contribution in [1.29, 1.82) is 0 Å². The summed E-state index contributed by atoms with van der Waals surface area (Å²) in [5, 5.41) is 1.69. The van der Waals surface area contributed by atoms with Gasteiger partial charge < -0.3 is 10.1 Å². The zero-order valence-electron chi connectivity index (χ0n) is 16.0. The van der Waals surface area contributed by atoms with Gasteiger partial charge >= 0.3 is 6.18 Å². The van der Waals surface area contributed by atoms with Crippen molar-refractivity contribution in [2.24, 2.45) is 17.3 Å². The molecule has 2 atom stereocenters. The normalized spacial score (nSPS) is 20.8. The van der Waals surface area contributed by atoms with E-state index in [4.69, 9.17) is 16.3 Å². The molecule has 2 unspecified atom stereocenters. The predicted molar refractivity (Wildman–Crippen MR) is 106 cm³/mol. The largest absolute Gasteiger partial charge is 0.457 e. The molecule has 2 aromatic carbocycles. The highest BCUT2D eigenvalue weighted by Crippen LogP contribution is 2.59. The van der Waals surface area contributed by atoms with Crippen LogP contribution in [0.3, 0.4) is 0 Å². The van der Waals surface area contributed by atoms with E-state index in [9.17, 15) is 18.0 Å². The van der Waals surface area contributed by atoms with Crippen molar-refractivity contribution in [2.45, 2.75) is 20.0 Å². The highest BCUT2D eigenvalue weighted by Gasteiger charge is 2.57. The number of rotatable bonds is 6. The highest BCUT2D eigenvalue weighted by molar-refractivity contribution is 6.30. The molecule has 1 N–H and O–H groups in total. The van der Waals surface area contributed by atoms with Crippen LogP contribution >= 0.6 is 11.6 Å². The van der Waals surface area contributed by atoms with Gasteiger partial charge in [-0.15, -0.1) is 0 Å². The fraction of sp³-hybridized carbons (Fsp3) is 0.318. The van der Waals surface area contributed by atoms with Gasteiger partial charge in [-0.25, -0.2) is 0 Å². The monoisotopic (exact) mass is 423 g/mol. The summed E-state index contributed by atoms with van der Waals surface area (Å²) in [5.41, 5.74) is 0.0500. The number of ether oxygens (including phenoxy) is 1. The molecule has 7 heteroatoms. The van der Waals surface area contributed by atoms with Gasteiger partial charge in [0.2, 0.25) is 0 Å². The fourth-order valence-corrected chi connectivity index (χ4v) is 3.53. The molecular formula is C22H21ClF3NO2. The second kappa shape index (κ2) is 8.11. The number of nitrogens with one attached hydrogen (secondary N) is 1. The Bertz CT molecular complexity index is 910. The molecule has 0 spiro atoms. The summed E-state index contributed by atoms with van der Waals surface area (Å²) in [6.07, 6.45) is -3.50. The van der Waals surface area contributed by atoms with Crippen LogP contribution in [0, 0.1) is 17.3 Å². The summed E-state index contributed by atoms with van der Waals surface area (Å²) in [4.78, 5) is 12.5. The Morgan fingerprint density at radius 2 is 1.79 bits per heavy atom. The molecule has 2 aromatic rings. The van der Waals surface area contributed by atoms with E-state index in [1.54, 1.807) is 24.3 Å². The maximum Gasteiger partial charge on any atom is 0.426 e.